The molecule has 13 nitrogen and oxygen atoms in total. The van der Waals surface area contributed by atoms with Gasteiger partial charge >= 0.3 is 0 Å². The van der Waals surface area contributed by atoms with Gasteiger partial charge in [0.25, 0.3) is 0 Å². The normalized spacial score (nSPS) is 11.8. The third-order valence-corrected chi connectivity index (χ3v) is 21.2. The lowest BCUT2D eigenvalue weighted by atomic mass is 9.99. The molecule has 0 unspecified atom stereocenters. The van der Waals surface area contributed by atoms with E-state index in [0.29, 0.717) is 0 Å². The van der Waals surface area contributed by atoms with E-state index in [1.165, 1.54) is 0 Å². The fraction of sp³-hybridized carbons (Fsp3) is 0.0980. The van der Waals surface area contributed by atoms with Gasteiger partial charge in [-0.1, -0.05) is 72.3 Å². The first-order valence-corrected chi connectivity index (χ1v) is 38.1. The third kappa shape index (κ3) is 15.3. The molecule has 0 fully saturated rings. The van der Waals surface area contributed by atoms with Crippen molar-refractivity contribution >= 4 is 96.8 Å². The molecule has 0 saturated carbocycles. The highest BCUT2D eigenvalue weighted by atomic mass is 16.5. The number of anilines is 14. The first kappa shape index (κ1) is 74.5. The van der Waals surface area contributed by atoms with Crippen molar-refractivity contribution in [2.45, 2.75) is 13.8 Å². The van der Waals surface area contributed by atoms with Crippen molar-refractivity contribution in [3.05, 3.63) is 379 Å². The van der Waals surface area contributed by atoms with E-state index >= 15 is 0 Å². The van der Waals surface area contributed by atoms with Gasteiger partial charge in [-0.3, -0.25) is 0 Å². The summed E-state index contributed by atoms with van der Waals surface area (Å²) in [7, 11) is 13.5. The highest BCUT2D eigenvalue weighted by Gasteiger charge is 2.31. The molecule has 0 aromatic heterocycles. The molecular weight excluding hydrogens is 1420 g/mol. The predicted octanol–water partition coefficient (Wildman–Crippen LogP) is 26.3. The zero-order valence-electron chi connectivity index (χ0n) is 65.9. The number of para-hydroxylation sites is 1. The molecule has 14 aromatic carbocycles. The molecule has 115 heavy (non-hydrogen) atoms. The Labute approximate surface area is 673 Å². The van der Waals surface area contributed by atoms with Gasteiger partial charge in [0.05, 0.1) is 56.9 Å². The lowest BCUT2D eigenvalue weighted by Crippen LogP contribution is -2.14. The summed E-state index contributed by atoms with van der Waals surface area (Å²) in [5.74, 6) is 6.20. The molecule has 0 heterocycles. The lowest BCUT2D eigenvalue weighted by molar-refractivity contribution is 0.414. The summed E-state index contributed by atoms with van der Waals surface area (Å²) in [6.45, 7) is 4.37. The standard InChI is InChI=1S/C102H87N5O8/c1-68(62-97-99-64-81(104(73-22-42-85(108-3)43-23-73)74-24-44-86(109-4)45-25-74)38-58-93(99)94-59-39-82(65-100(94)97)105(75-26-46-87(110-5)47-27-75)76-28-48-88(111-6)49-29-76)16-17-69(2)103(71-14-12-11-13-15-71)72-20-18-70(19-21-72)63-98-101-66-83(106(77-30-50-89(112-7)51-31-77)78-32-52-90(113-8)53-33-78)40-60-95(101)96-61-41-84(67-102(96)98)107(79-34-54-91(114-9)55-35-79)80-36-56-92(115-10)57-37-80/h11-67H,1-10H3. The summed E-state index contributed by atoms with van der Waals surface area (Å²) in [5, 5.41) is 0. The molecular formula is C102H87N5O8. The molecule has 16 rings (SSSR count). The SMILES string of the molecule is COc1ccc(N(c2ccc(OC)cc2)c2ccc3c(c2)C(=CC(C)=CC=C(C)N(c2ccccc2)c2ccc(C=C4c5cc(N(c6ccc(OC)cc6)c6ccc(OC)cc6)ccc5-c5ccc(N(c6ccc(OC)cc6)c6ccc(OC)cc6)cc54)cc2)c2cc(N(c4ccc(OC)cc4)c4ccc(OC)cc4)ccc2-3)cc1. The van der Waals surface area contributed by atoms with Crippen LogP contribution in [0.4, 0.5) is 79.6 Å². The van der Waals surface area contributed by atoms with E-state index in [9.17, 15) is 0 Å². The maximum absolute atomic E-state index is 5.67. The van der Waals surface area contributed by atoms with Crippen molar-refractivity contribution in [3.63, 3.8) is 0 Å². The largest absolute Gasteiger partial charge is 0.497 e. The van der Waals surface area contributed by atoms with Gasteiger partial charge in [0.1, 0.15) is 46.0 Å². The van der Waals surface area contributed by atoms with Gasteiger partial charge in [0, 0.05) is 85.3 Å². The Hall–Kier alpha value is -14.6. The highest BCUT2D eigenvalue weighted by Crippen LogP contribution is 2.53. The van der Waals surface area contributed by atoms with E-state index < -0.39 is 0 Å². The zero-order valence-corrected chi connectivity index (χ0v) is 65.9. The molecule has 0 spiro atoms. The van der Waals surface area contributed by atoms with Gasteiger partial charge in [-0.15, -0.1) is 0 Å². The number of hydrogen-bond acceptors (Lipinski definition) is 13. The third-order valence-electron chi connectivity index (χ3n) is 21.2. The van der Waals surface area contributed by atoms with Crippen LogP contribution in [0.2, 0.25) is 0 Å². The van der Waals surface area contributed by atoms with E-state index in [2.05, 4.69) is 287 Å². The van der Waals surface area contributed by atoms with E-state index in [1.807, 2.05) is 97.1 Å². The van der Waals surface area contributed by atoms with Crippen molar-refractivity contribution in [1.82, 2.24) is 0 Å². The van der Waals surface area contributed by atoms with Crippen LogP contribution in [-0.4, -0.2) is 56.9 Å². The molecule has 0 bridgehead atoms. The minimum absolute atomic E-state index is 0.774. The summed E-state index contributed by atoms with van der Waals surface area (Å²) in [5.41, 5.74) is 28.0. The molecule has 0 radical (unpaired) electrons. The Balaban J connectivity index is 0.803. The van der Waals surface area contributed by atoms with Gasteiger partial charge in [-0.25, -0.2) is 0 Å². The summed E-state index contributed by atoms with van der Waals surface area (Å²) < 4.78 is 45.3. The van der Waals surface area contributed by atoms with Crippen molar-refractivity contribution < 1.29 is 37.9 Å². The topological polar surface area (TPSA) is 90.0 Å². The lowest BCUT2D eigenvalue weighted by Gasteiger charge is -2.26. The second-order valence-corrected chi connectivity index (χ2v) is 27.9. The molecule has 2 aliphatic rings. The van der Waals surface area contributed by atoms with Crippen LogP contribution in [0.15, 0.2) is 351 Å². The highest BCUT2D eigenvalue weighted by molar-refractivity contribution is 6.09. The Kier molecular flexibility index (Phi) is 21.5. The number of ether oxygens (including phenoxy) is 8. The molecule has 0 aliphatic heterocycles. The van der Waals surface area contributed by atoms with Crippen LogP contribution in [0, 0.1) is 0 Å². The maximum atomic E-state index is 5.67. The first-order chi connectivity index (χ1) is 56.4. The Bertz CT molecular complexity index is 5440. The van der Waals surface area contributed by atoms with Crippen molar-refractivity contribution in [3.8, 4) is 68.2 Å². The average molecular weight is 1510 g/mol. The summed E-state index contributed by atoms with van der Waals surface area (Å²) in [6, 6.07) is 112. The van der Waals surface area contributed by atoms with Crippen LogP contribution < -0.4 is 62.4 Å². The zero-order chi connectivity index (χ0) is 79.1. The van der Waals surface area contributed by atoms with Crippen LogP contribution in [0.5, 0.6) is 46.0 Å². The van der Waals surface area contributed by atoms with Crippen LogP contribution in [0.1, 0.15) is 41.7 Å². The fourth-order valence-electron chi connectivity index (χ4n) is 15.4. The summed E-state index contributed by atoms with van der Waals surface area (Å²) >= 11 is 0. The quantitative estimate of drug-likeness (QED) is 0.0483. The molecule has 14 aromatic rings. The van der Waals surface area contributed by atoms with Crippen molar-refractivity contribution in [2.24, 2.45) is 0 Å². The monoisotopic (exact) mass is 1510 g/mol. The van der Waals surface area contributed by atoms with Gasteiger partial charge in [-0.05, 0) is 354 Å². The summed E-state index contributed by atoms with van der Waals surface area (Å²) in [4.78, 5) is 11.4. The van der Waals surface area contributed by atoms with E-state index in [1.54, 1.807) is 56.9 Å². The number of rotatable bonds is 26. The fourth-order valence-corrected chi connectivity index (χ4v) is 15.4. The number of benzene rings is 14. The Morgan fingerprint density at radius 1 is 0.217 bits per heavy atom. The van der Waals surface area contributed by atoms with Gasteiger partial charge < -0.3 is 62.4 Å². The summed E-state index contributed by atoms with van der Waals surface area (Å²) in [6.07, 6.45) is 9.14. The number of methoxy groups -OCH3 is 8. The minimum atomic E-state index is 0.774. The molecule has 568 valence electrons. The van der Waals surface area contributed by atoms with Crippen LogP contribution in [0.3, 0.4) is 0 Å². The molecule has 13 heteroatoms. The van der Waals surface area contributed by atoms with Gasteiger partial charge in [-0.2, -0.15) is 0 Å². The van der Waals surface area contributed by atoms with E-state index in [0.717, 1.165) is 198 Å². The van der Waals surface area contributed by atoms with Crippen molar-refractivity contribution in [1.29, 1.82) is 0 Å². The number of fused-ring (bicyclic) bond motifs is 6. The molecule has 0 N–H and O–H groups in total. The van der Waals surface area contributed by atoms with Gasteiger partial charge in [0.2, 0.25) is 0 Å². The Morgan fingerprint density at radius 3 is 0.696 bits per heavy atom. The molecule has 0 amide bonds. The number of nitrogens with zero attached hydrogens (tertiary/aromatic N) is 5. The minimum Gasteiger partial charge on any atom is -0.497 e. The first-order valence-electron chi connectivity index (χ1n) is 38.1. The van der Waals surface area contributed by atoms with E-state index in [4.69, 9.17) is 37.9 Å². The van der Waals surface area contributed by atoms with Crippen LogP contribution in [-0.2, 0) is 0 Å². The van der Waals surface area contributed by atoms with Crippen LogP contribution >= 0.6 is 0 Å². The second kappa shape index (κ2) is 33.2. The molecule has 2 aliphatic carbocycles. The maximum Gasteiger partial charge on any atom is 0.119 e. The number of allylic oxidation sites excluding steroid dienone is 5. The van der Waals surface area contributed by atoms with Crippen molar-refractivity contribution in [2.75, 3.05) is 81.4 Å². The van der Waals surface area contributed by atoms with Gasteiger partial charge in [0.15, 0.2) is 0 Å². The smallest absolute Gasteiger partial charge is 0.119 e. The molecule has 0 atom stereocenters. The van der Waals surface area contributed by atoms with E-state index in [-0.39, 0.29) is 0 Å². The second-order valence-electron chi connectivity index (χ2n) is 27.9. The molecule has 0 saturated heterocycles. The number of hydrogen-bond donors (Lipinski definition) is 0. The predicted molar refractivity (Wildman–Crippen MR) is 471 cm³/mol. The van der Waals surface area contributed by atoms with Crippen LogP contribution in [0.25, 0.3) is 39.5 Å². The average Bonchev–Trinajstić information content (AvgIpc) is 1.60. The Morgan fingerprint density at radius 2 is 0.443 bits per heavy atom.